The van der Waals surface area contributed by atoms with E-state index < -0.39 is 0 Å². The van der Waals surface area contributed by atoms with Crippen molar-refractivity contribution in [1.82, 2.24) is 14.8 Å². The number of nitrogens with zero attached hydrogens (tertiary/aromatic N) is 3. The van der Waals surface area contributed by atoms with Gasteiger partial charge >= 0.3 is 5.97 Å². The second-order valence-corrected chi connectivity index (χ2v) is 5.36. The molecule has 2 aromatic rings. The number of hydrogen-bond donors (Lipinski definition) is 0. The van der Waals surface area contributed by atoms with Crippen molar-refractivity contribution in [3.63, 3.8) is 0 Å². The lowest BCUT2D eigenvalue weighted by molar-refractivity contribution is 0.0519. The van der Waals surface area contributed by atoms with E-state index in [1.165, 1.54) is 11.3 Å². The van der Waals surface area contributed by atoms with Crippen LogP contribution < -0.4 is 0 Å². The maximum atomic E-state index is 11.8. The molecule has 0 spiro atoms. The lowest BCUT2D eigenvalue weighted by Gasteiger charge is -1.98. The second kappa shape index (κ2) is 5.52. The van der Waals surface area contributed by atoms with Gasteiger partial charge in [-0.1, -0.05) is 6.92 Å². The molecule has 0 atom stereocenters. The summed E-state index contributed by atoms with van der Waals surface area (Å²) in [6.45, 7) is 6.09. The summed E-state index contributed by atoms with van der Waals surface area (Å²) in [5.41, 5.74) is 2.40. The van der Waals surface area contributed by atoms with Crippen molar-refractivity contribution < 1.29 is 9.53 Å². The van der Waals surface area contributed by atoms with E-state index in [1.54, 1.807) is 11.6 Å². The smallest absolute Gasteiger partial charge is 0.358 e. The fraction of sp³-hybridized carbons (Fsp3) is 0.462. The topological polar surface area (TPSA) is 57.0 Å². The van der Waals surface area contributed by atoms with E-state index in [0.717, 1.165) is 27.6 Å². The van der Waals surface area contributed by atoms with Gasteiger partial charge in [-0.15, -0.1) is 11.3 Å². The van der Waals surface area contributed by atoms with Gasteiger partial charge in [-0.25, -0.2) is 9.78 Å². The molecule has 0 radical (unpaired) electrons. The van der Waals surface area contributed by atoms with Gasteiger partial charge in [0.2, 0.25) is 0 Å². The van der Waals surface area contributed by atoms with Crippen LogP contribution in [-0.2, 0) is 18.2 Å². The van der Waals surface area contributed by atoms with Gasteiger partial charge < -0.3 is 4.74 Å². The van der Waals surface area contributed by atoms with Crippen molar-refractivity contribution >= 4 is 17.3 Å². The van der Waals surface area contributed by atoms with Crippen LogP contribution in [0.15, 0.2) is 6.20 Å². The van der Waals surface area contributed by atoms with Crippen molar-refractivity contribution in [2.75, 3.05) is 6.61 Å². The van der Waals surface area contributed by atoms with E-state index in [9.17, 15) is 4.79 Å². The van der Waals surface area contributed by atoms with Crippen LogP contribution in [0.1, 0.15) is 34.9 Å². The average Bonchev–Trinajstić information content (AvgIpc) is 2.92. The molecule has 2 rings (SSSR count). The molecule has 0 aliphatic heterocycles. The predicted octanol–water partition coefficient (Wildman–Crippen LogP) is 2.59. The van der Waals surface area contributed by atoms with E-state index in [-0.39, 0.29) is 5.97 Å². The van der Waals surface area contributed by atoms with Gasteiger partial charge in [-0.05, 0) is 20.3 Å². The van der Waals surface area contributed by atoms with Crippen LogP contribution >= 0.6 is 11.3 Å². The summed E-state index contributed by atoms with van der Waals surface area (Å²) in [6, 6.07) is 0. The third-order valence-electron chi connectivity index (χ3n) is 2.74. The first kappa shape index (κ1) is 13.7. The fourth-order valence-corrected chi connectivity index (χ4v) is 2.81. The van der Waals surface area contributed by atoms with Crippen LogP contribution in [-0.4, -0.2) is 27.3 Å². The molecule has 102 valence electrons. The second-order valence-electron chi connectivity index (χ2n) is 4.16. The van der Waals surface area contributed by atoms with Crippen LogP contribution in [0.5, 0.6) is 0 Å². The molecule has 0 aliphatic carbocycles. The first-order valence-corrected chi connectivity index (χ1v) is 7.05. The minimum atomic E-state index is -0.357. The number of thiazole rings is 1. The Balaban J connectivity index is 2.41. The highest BCUT2D eigenvalue weighted by molar-refractivity contribution is 7.15. The van der Waals surface area contributed by atoms with Crippen LogP contribution in [0.3, 0.4) is 0 Å². The fourth-order valence-electron chi connectivity index (χ4n) is 1.87. The summed E-state index contributed by atoms with van der Waals surface area (Å²) in [6.07, 6.45) is 2.77. The number of aromatic nitrogens is 3. The van der Waals surface area contributed by atoms with Crippen molar-refractivity contribution in [3.05, 3.63) is 22.5 Å². The summed E-state index contributed by atoms with van der Waals surface area (Å²) in [5.74, 6) is -0.357. The van der Waals surface area contributed by atoms with Crippen LogP contribution in [0.2, 0.25) is 0 Å². The number of carbonyl (C=O) groups excluding carboxylic acids is 1. The Hall–Kier alpha value is -1.69. The van der Waals surface area contributed by atoms with Gasteiger partial charge in [0.15, 0.2) is 5.69 Å². The summed E-state index contributed by atoms with van der Waals surface area (Å²) >= 11 is 1.50. The normalized spacial score (nSPS) is 10.7. The van der Waals surface area contributed by atoms with Gasteiger partial charge in [-0.3, -0.25) is 4.68 Å². The van der Waals surface area contributed by atoms with E-state index >= 15 is 0 Å². The van der Waals surface area contributed by atoms with Gasteiger partial charge in [-0.2, -0.15) is 5.10 Å². The van der Waals surface area contributed by atoms with Gasteiger partial charge in [0.05, 0.1) is 17.9 Å². The summed E-state index contributed by atoms with van der Waals surface area (Å²) in [4.78, 5) is 17.1. The Morgan fingerprint density at radius 1 is 1.47 bits per heavy atom. The first-order valence-electron chi connectivity index (χ1n) is 6.24. The SMILES string of the molecule is CCOC(=O)c1nc(-c2cn(C)nc2CC)sc1C. The van der Waals surface area contributed by atoms with Crippen molar-refractivity contribution in [2.24, 2.45) is 7.05 Å². The molecule has 0 aromatic carbocycles. The van der Waals surface area contributed by atoms with Crippen LogP contribution in [0, 0.1) is 6.92 Å². The van der Waals surface area contributed by atoms with E-state index in [4.69, 9.17) is 4.74 Å². The molecule has 5 nitrogen and oxygen atoms in total. The molecule has 0 bridgehead atoms. The van der Waals surface area contributed by atoms with Gasteiger partial charge in [0, 0.05) is 18.1 Å². The molecule has 0 aliphatic rings. The Morgan fingerprint density at radius 3 is 2.84 bits per heavy atom. The third-order valence-corrected chi connectivity index (χ3v) is 3.74. The third kappa shape index (κ3) is 2.68. The maximum Gasteiger partial charge on any atom is 0.358 e. The Kier molecular flexibility index (Phi) is 3.99. The number of rotatable bonds is 4. The molecule has 0 unspecified atom stereocenters. The zero-order valence-corrected chi connectivity index (χ0v) is 12.4. The lowest BCUT2D eigenvalue weighted by Crippen LogP contribution is -2.06. The van der Waals surface area contributed by atoms with Crippen molar-refractivity contribution in [2.45, 2.75) is 27.2 Å². The first-order chi connectivity index (χ1) is 9.06. The molecule has 19 heavy (non-hydrogen) atoms. The quantitative estimate of drug-likeness (QED) is 0.807. The molecule has 6 heteroatoms. The molecular weight excluding hydrogens is 262 g/mol. The van der Waals surface area contributed by atoms with E-state index in [0.29, 0.717) is 12.3 Å². The Morgan fingerprint density at radius 2 is 2.21 bits per heavy atom. The Labute approximate surface area is 116 Å². The number of aryl methyl sites for hydroxylation is 3. The van der Waals surface area contributed by atoms with E-state index in [2.05, 4.69) is 17.0 Å². The van der Waals surface area contributed by atoms with Crippen molar-refractivity contribution in [3.8, 4) is 10.6 Å². The highest BCUT2D eigenvalue weighted by Gasteiger charge is 2.19. The minimum absolute atomic E-state index is 0.357. The van der Waals surface area contributed by atoms with Gasteiger partial charge in [0.1, 0.15) is 5.01 Å². The summed E-state index contributed by atoms with van der Waals surface area (Å²) in [5, 5.41) is 5.22. The highest BCUT2D eigenvalue weighted by Crippen LogP contribution is 2.30. The minimum Gasteiger partial charge on any atom is -0.461 e. The number of esters is 1. The van der Waals surface area contributed by atoms with Crippen LogP contribution in [0.25, 0.3) is 10.6 Å². The Bertz CT molecular complexity index is 601. The van der Waals surface area contributed by atoms with Crippen LogP contribution in [0.4, 0.5) is 0 Å². The highest BCUT2D eigenvalue weighted by atomic mass is 32.1. The monoisotopic (exact) mass is 279 g/mol. The molecule has 0 fully saturated rings. The predicted molar refractivity (Wildman–Crippen MR) is 74.4 cm³/mol. The molecule has 2 heterocycles. The number of ether oxygens (including phenoxy) is 1. The average molecular weight is 279 g/mol. The molecule has 2 aromatic heterocycles. The summed E-state index contributed by atoms with van der Waals surface area (Å²) < 4.78 is 6.78. The standard InChI is InChI=1S/C13H17N3O2S/c1-5-10-9(7-16(4)15-10)12-14-11(8(3)19-12)13(17)18-6-2/h7H,5-6H2,1-4H3. The molecule has 0 saturated heterocycles. The molecular formula is C13H17N3O2S. The summed E-state index contributed by atoms with van der Waals surface area (Å²) in [7, 11) is 1.88. The molecule has 0 saturated carbocycles. The number of hydrogen-bond acceptors (Lipinski definition) is 5. The zero-order chi connectivity index (χ0) is 14.0. The maximum absolute atomic E-state index is 11.8. The number of carbonyl (C=O) groups is 1. The largest absolute Gasteiger partial charge is 0.461 e. The lowest BCUT2D eigenvalue weighted by atomic mass is 10.2. The van der Waals surface area contributed by atoms with E-state index in [1.807, 2.05) is 20.2 Å². The van der Waals surface area contributed by atoms with Gasteiger partial charge in [0.25, 0.3) is 0 Å². The molecule has 0 N–H and O–H groups in total. The van der Waals surface area contributed by atoms with Crippen molar-refractivity contribution in [1.29, 1.82) is 0 Å². The zero-order valence-electron chi connectivity index (χ0n) is 11.6. The molecule has 0 amide bonds.